The first-order chi connectivity index (χ1) is 11.2. The van der Waals surface area contributed by atoms with Gasteiger partial charge in [-0.05, 0) is 48.5 Å². The molecule has 1 aliphatic heterocycles. The van der Waals surface area contributed by atoms with E-state index in [2.05, 4.69) is 10.6 Å². The fourth-order valence-electron chi connectivity index (χ4n) is 2.63. The Morgan fingerprint density at radius 2 is 1.96 bits per heavy atom. The van der Waals surface area contributed by atoms with E-state index in [1.54, 1.807) is 0 Å². The van der Waals surface area contributed by atoms with E-state index in [1.165, 1.54) is 0 Å². The zero-order valence-corrected chi connectivity index (χ0v) is 13.6. The number of nitrogens with zero attached hydrogens (tertiary/aromatic N) is 1. The monoisotopic (exact) mass is 325 g/mol. The number of anilines is 2. The Morgan fingerprint density at radius 3 is 2.70 bits per heavy atom. The summed E-state index contributed by atoms with van der Waals surface area (Å²) in [5.74, 6) is 0.205. The van der Waals surface area contributed by atoms with Gasteiger partial charge in [-0.3, -0.25) is 4.79 Å². The molecule has 0 unspecified atom stereocenters. The Balaban J connectivity index is 1.58. The number of para-hydroxylation sites is 1. The van der Waals surface area contributed by atoms with Crippen LogP contribution in [-0.2, 0) is 11.3 Å². The third kappa shape index (κ3) is 4.07. The molecule has 2 aromatic rings. The predicted octanol–water partition coefficient (Wildman–Crippen LogP) is 3.30. The van der Waals surface area contributed by atoms with Gasteiger partial charge in [-0.25, -0.2) is 0 Å². The van der Waals surface area contributed by atoms with E-state index >= 15 is 0 Å². The molecule has 1 aliphatic rings. The Bertz CT molecular complexity index is 702. The van der Waals surface area contributed by atoms with Crippen molar-refractivity contribution in [3.8, 4) is 0 Å². The lowest BCUT2D eigenvalue weighted by atomic mass is 10.2. The summed E-state index contributed by atoms with van der Waals surface area (Å²) in [6.45, 7) is 1.43. The molecule has 1 saturated heterocycles. The summed E-state index contributed by atoms with van der Waals surface area (Å²) in [6, 6.07) is 17.8. The van der Waals surface area contributed by atoms with Crippen molar-refractivity contribution in [2.75, 3.05) is 16.8 Å². The molecule has 0 atom stereocenters. The highest BCUT2D eigenvalue weighted by atomic mass is 32.1. The van der Waals surface area contributed by atoms with Gasteiger partial charge in [0.2, 0.25) is 5.91 Å². The second kappa shape index (κ2) is 7.24. The first-order valence-electron chi connectivity index (χ1n) is 7.71. The molecule has 0 spiro atoms. The number of nitrogens with one attached hydrogen (secondary N) is 2. The molecule has 1 fully saturated rings. The lowest BCUT2D eigenvalue weighted by Crippen LogP contribution is -2.28. The van der Waals surface area contributed by atoms with Crippen molar-refractivity contribution in [1.29, 1.82) is 0 Å². The number of carbonyl (C=O) groups excluding carboxylic acids is 1. The first-order valence-corrected chi connectivity index (χ1v) is 8.12. The average molecular weight is 325 g/mol. The topological polar surface area (TPSA) is 44.4 Å². The molecule has 0 aromatic heterocycles. The Kier molecular flexibility index (Phi) is 4.88. The van der Waals surface area contributed by atoms with Crippen LogP contribution in [0.15, 0.2) is 54.6 Å². The van der Waals surface area contributed by atoms with Crippen LogP contribution in [0.1, 0.15) is 18.4 Å². The molecule has 0 bridgehead atoms. The van der Waals surface area contributed by atoms with Gasteiger partial charge in [0.1, 0.15) is 0 Å². The number of thiocarbonyl (C=S) groups is 1. The molecule has 0 radical (unpaired) electrons. The summed E-state index contributed by atoms with van der Waals surface area (Å²) in [7, 11) is 0. The minimum Gasteiger partial charge on any atom is -0.358 e. The van der Waals surface area contributed by atoms with E-state index in [0.717, 1.165) is 29.9 Å². The minimum absolute atomic E-state index is 0.205. The van der Waals surface area contributed by atoms with Crippen LogP contribution in [0.5, 0.6) is 0 Å². The smallest absolute Gasteiger partial charge is 0.227 e. The van der Waals surface area contributed by atoms with Crippen molar-refractivity contribution < 1.29 is 4.79 Å². The number of benzene rings is 2. The van der Waals surface area contributed by atoms with Crippen molar-refractivity contribution in [3.63, 3.8) is 0 Å². The third-order valence-electron chi connectivity index (χ3n) is 3.78. The predicted molar refractivity (Wildman–Crippen MR) is 97.5 cm³/mol. The van der Waals surface area contributed by atoms with Crippen molar-refractivity contribution >= 4 is 34.6 Å². The second-order valence-electron chi connectivity index (χ2n) is 5.49. The van der Waals surface area contributed by atoms with Crippen LogP contribution < -0.4 is 15.5 Å². The number of hydrogen-bond donors (Lipinski definition) is 2. The maximum Gasteiger partial charge on any atom is 0.227 e. The summed E-state index contributed by atoms with van der Waals surface area (Å²) in [6.07, 6.45) is 1.58. The normalized spacial score (nSPS) is 13.9. The summed E-state index contributed by atoms with van der Waals surface area (Å²) < 4.78 is 0. The van der Waals surface area contributed by atoms with Crippen LogP contribution in [-0.4, -0.2) is 17.6 Å². The lowest BCUT2D eigenvalue weighted by Gasteiger charge is -2.17. The molecular formula is C18H19N3OS. The van der Waals surface area contributed by atoms with E-state index in [4.69, 9.17) is 12.2 Å². The Morgan fingerprint density at radius 1 is 1.13 bits per heavy atom. The number of amides is 1. The molecule has 4 nitrogen and oxygen atoms in total. The molecule has 2 aromatic carbocycles. The van der Waals surface area contributed by atoms with Gasteiger partial charge in [-0.1, -0.05) is 30.3 Å². The highest BCUT2D eigenvalue weighted by Crippen LogP contribution is 2.22. The molecule has 2 N–H and O–H groups in total. The van der Waals surface area contributed by atoms with Crippen LogP contribution in [0.4, 0.5) is 11.4 Å². The minimum atomic E-state index is 0.205. The van der Waals surface area contributed by atoms with Gasteiger partial charge in [0.15, 0.2) is 5.11 Å². The number of carbonyl (C=O) groups is 1. The van der Waals surface area contributed by atoms with Crippen LogP contribution in [0.25, 0.3) is 0 Å². The van der Waals surface area contributed by atoms with E-state index in [0.29, 0.717) is 18.1 Å². The highest BCUT2D eigenvalue weighted by Gasteiger charge is 2.21. The van der Waals surface area contributed by atoms with Crippen molar-refractivity contribution in [2.24, 2.45) is 0 Å². The second-order valence-corrected chi connectivity index (χ2v) is 5.90. The van der Waals surface area contributed by atoms with Crippen molar-refractivity contribution in [2.45, 2.75) is 19.4 Å². The van der Waals surface area contributed by atoms with Crippen LogP contribution in [0.2, 0.25) is 0 Å². The van der Waals surface area contributed by atoms with E-state index in [1.807, 2.05) is 59.5 Å². The Hall–Kier alpha value is -2.40. The third-order valence-corrected chi connectivity index (χ3v) is 4.03. The van der Waals surface area contributed by atoms with E-state index in [-0.39, 0.29) is 5.91 Å². The zero-order valence-electron chi connectivity index (χ0n) is 12.8. The van der Waals surface area contributed by atoms with Crippen LogP contribution >= 0.6 is 12.2 Å². The fraction of sp³-hybridized carbons (Fsp3) is 0.222. The maximum absolute atomic E-state index is 11.8. The average Bonchev–Trinajstić information content (AvgIpc) is 3.00. The number of hydrogen-bond acceptors (Lipinski definition) is 2. The molecule has 5 heteroatoms. The summed E-state index contributed by atoms with van der Waals surface area (Å²) in [4.78, 5) is 13.7. The van der Waals surface area contributed by atoms with Gasteiger partial charge in [0.05, 0.1) is 0 Å². The van der Waals surface area contributed by atoms with Gasteiger partial charge >= 0.3 is 0 Å². The first kappa shape index (κ1) is 15.5. The molecule has 23 heavy (non-hydrogen) atoms. The van der Waals surface area contributed by atoms with E-state index in [9.17, 15) is 4.79 Å². The number of rotatable bonds is 4. The van der Waals surface area contributed by atoms with Gasteiger partial charge in [0.25, 0.3) is 0 Å². The highest BCUT2D eigenvalue weighted by molar-refractivity contribution is 7.80. The van der Waals surface area contributed by atoms with Crippen molar-refractivity contribution in [3.05, 3.63) is 60.2 Å². The summed E-state index contributed by atoms with van der Waals surface area (Å²) in [5, 5.41) is 6.92. The van der Waals surface area contributed by atoms with Crippen molar-refractivity contribution in [1.82, 2.24) is 5.32 Å². The summed E-state index contributed by atoms with van der Waals surface area (Å²) in [5.41, 5.74) is 3.02. The SMILES string of the molecule is O=C1CCCN1c1cccc(CNC(=S)Nc2ccccc2)c1. The van der Waals surface area contributed by atoms with Gasteiger partial charge in [-0.15, -0.1) is 0 Å². The van der Waals surface area contributed by atoms with Gasteiger partial charge < -0.3 is 15.5 Å². The van der Waals surface area contributed by atoms with Gasteiger partial charge in [0, 0.05) is 30.9 Å². The maximum atomic E-state index is 11.8. The van der Waals surface area contributed by atoms with Crippen LogP contribution in [0, 0.1) is 0 Å². The molecule has 1 heterocycles. The molecule has 0 saturated carbocycles. The quantitative estimate of drug-likeness (QED) is 0.847. The van der Waals surface area contributed by atoms with E-state index < -0.39 is 0 Å². The molecule has 3 rings (SSSR count). The lowest BCUT2D eigenvalue weighted by molar-refractivity contribution is -0.117. The standard InChI is InChI=1S/C18H19N3OS/c22-17-10-5-11-21(17)16-9-4-6-14(12-16)13-19-18(23)20-15-7-2-1-3-8-15/h1-4,6-9,12H,5,10-11,13H2,(H2,19,20,23). The molecular weight excluding hydrogens is 306 g/mol. The Labute approximate surface area is 141 Å². The summed E-state index contributed by atoms with van der Waals surface area (Å²) >= 11 is 5.31. The molecule has 1 amide bonds. The van der Waals surface area contributed by atoms with Crippen LogP contribution in [0.3, 0.4) is 0 Å². The zero-order chi connectivity index (χ0) is 16.1. The largest absolute Gasteiger partial charge is 0.358 e. The fourth-order valence-corrected chi connectivity index (χ4v) is 2.82. The van der Waals surface area contributed by atoms with Gasteiger partial charge in [-0.2, -0.15) is 0 Å². The molecule has 0 aliphatic carbocycles. The molecule has 118 valence electrons.